The zero-order chi connectivity index (χ0) is 44.8. The molecular formula is C52H51BrCl3N5O3. The molecule has 3 fully saturated rings. The molecule has 12 heteroatoms. The summed E-state index contributed by atoms with van der Waals surface area (Å²) in [5.74, 6) is 1.85. The van der Waals surface area contributed by atoms with Gasteiger partial charge in [-0.2, -0.15) is 0 Å². The van der Waals surface area contributed by atoms with E-state index in [-0.39, 0.29) is 29.3 Å². The number of anilines is 1. The molecule has 0 radical (unpaired) electrons. The summed E-state index contributed by atoms with van der Waals surface area (Å²) in [6.45, 7) is 5.10. The van der Waals surface area contributed by atoms with Gasteiger partial charge in [-0.1, -0.05) is 124 Å². The Morgan fingerprint density at radius 1 is 0.516 bits per heavy atom. The monoisotopic (exact) mass is 977 g/mol. The molecule has 0 saturated carbocycles. The van der Waals surface area contributed by atoms with Crippen LogP contribution in [0.5, 0.6) is 0 Å². The lowest BCUT2D eigenvalue weighted by molar-refractivity contribution is 0.0873. The molecule has 64 heavy (non-hydrogen) atoms. The van der Waals surface area contributed by atoms with E-state index in [1.165, 1.54) is 0 Å². The van der Waals surface area contributed by atoms with Gasteiger partial charge in [0.2, 0.25) is 5.95 Å². The van der Waals surface area contributed by atoms with Crippen molar-refractivity contribution in [2.75, 3.05) is 44.2 Å². The second-order valence-electron chi connectivity index (χ2n) is 16.3. The molecule has 0 atom stereocenters. The van der Waals surface area contributed by atoms with Gasteiger partial charge in [0.15, 0.2) is 17.3 Å². The number of hydrogen-bond acceptors (Lipinski definition) is 8. The zero-order valence-electron chi connectivity index (χ0n) is 35.5. The van der Waals surface area contributed by atoms with Crippen LogP contribution in [0.15, 0.2) is 144 Å². The van der Waals surface area contributed by atoms with E-state index in [0.717, 1.165) is 127 Å². The zero-order valence-corrected chi connectivity index (χ0v) is 39.4. The van der Waals surface area contributed by atoms with Crippen molar-refractivity contribution < 1.29 is 14.4 Å². The lowest BCUT2D eigenvalue weighted by atomic mass is 9.88. The van der Waals surface area contributed by atoms with Gasteiger partial charge in [0, 0.05) is 87.5 Å². The lowest BCUT2D eigenvalue weighted by Gasteiger charge is -2.31. The minimum absolute atomic E-state index is 0.0574. The number of halogens is 4. The van der Waals surface area contributed by atoms with Crippen molar-refractivity contribution in [3.8, 4) is 22.3 Å². The van der Waals surface area contributed by atoms with Crippen LogP contribution in [0.3, 0.4) is 0 Å². The summed E-state index contributed by atoms with van der Waals surface area (Å²) >= 11 is 21.4. The van der Waals surface area contributed by atoms with Crippen molar-refractivity contribution in [3.05, 3.63) is 171 Å². The number of carbonyl (C=O) groups is 3. The van der Waals surface area contributed by atoms with Crippen LogP contribution in [0.1, 0.15) is 69.6 Å². The average molecular weight is 980 g/mol. The van der Waals surface area contributed by atoms with Crippen molar-refractivity contribution in [1.29, 1.82) is 0 Å². The van der Waals surface area contributed by atoms with Crippen LogP contribution in [0.4, 0.5) is 5.95 Å². The molecule has 4 heterocycles. The van der Waals surface area contributed by atoms with Crippen LogP contribution in [-0.4, -0.2) is 71.0 Å². The number of nitrogens with one attached hydrogen (secondary N) is 1. The minimum Gasteiger partial charge on any atom is -0.341 e. The molecule has 3 saturated heterocycles. The number of benzene rings is 5. The molecule has 0 unspecified atom stereocenters. The molecule has 0 amide bonds. The van der Waals surface area contributed by atoms with Crippen molar-refractivity contribution in [2.45, 2.75) is 38.5 Å². The summed E-state index contributed by atoms with van der Waals surface area (Å²) in [6.07, 6.45) is 8.75. The first-order valence-electron chi connectivity index (χ1n) is 21.8. The van der Waals surface area contributed by atoms with Gasteiger partial charge in [0.1, 0.15) is 0 Å². The summed E-state index contributed by atoms with van der Waals surface area (Å²) in [5, 5.41) is 4.69. The van der Waals surface area contributed by atoms with E-state index in [4.69, 9.17) is 35.0 Å². The molecule has 9 rings (SSSR count). The van der Waals surface area contributed by atoms with Gasteiger partial charge in [-0.25, -0.2) is 14.4 Å². The van der Waals surface area contributed by atoms with Crippen molar-refractivity contribution in [3.63, 3.8) is 0 Å². The van der Waals surface area contributed by atoms with Gasteiger partial charge in [-0.05, 0) is 128 Å². The van der Waals surface area contributed by atoms with Gasteiger partial charge in [-0.15, -0.1) is 0 Å². The van der Waals surface area contributed by atoms with Crippen molar-refractivity contribution in [2.24, 2.45) is 17.8 Å². The van der Waals surface area contributed by atoms with E-state index in [1.54, 1.807) is 16.8 Å². The van der Waals surface area contributed by atoms with E-state index < -0.39 is 0 Å². The molecule has 0 spiro atoms. The quantitative estimate of drug-likeness (QED) is 0.113. The summed E-state index contributed by atoms with van der Waals surface area (Å²) in [6, 6.07) is 40.5. The molecule has 0 bridgehead atoms. The molecule has 3 aliphatic heterocycles. The predicted octanol–water partition coefficient (Wildman–Crippen LogP) is 12.6. The maximum atomic E-state index is 12.9. The Labute approximate surface area is 399 Å². The summed E-state index contributed by atoms with van der Waals surface area (Å²) in [5.41, 5.74) is 6.62. The predicted molar refractivity (Wildman–Crippen MR) is 264 cm³/mol. The number of carbonyl (C=O) groups excluding carboxylic acids is 3. The van der Waals surface area contributed by atoms with Crippen LogP contribution in [-0.2, 0) is 0 Å². The number of ketones is 3. The highest BCUT2D eigenvalue weighted by Gasteiger charge is 2.28. The highest BCUT2D eigenvalue weighted by Crippen LogP contribution is 2.29. The lowest BCUT2D eigenvalue weighted by Crippen LogP contribution is -2.37. The van der Waals surface area contributed by atoms with Crippen LogP contribution in [0, 0.1) is 17.8 Å². The van der Waals surface area contributed by atoms with Crippen LogP contribution >= 0.6 is 50.9 Å². The fourth-order valence-corrected chi connectivity index (χ4v) is 9.14. The molecule has 5 aromatic carbocycles. The van der Waals surface area contributed by atoms with Crippen molar-refractivity contribution in [1.82, 2.24) is 19.7 Å². The largest absolute Gasteiger partial charge is 0.341 e. The van der Waals surface area contributed by atoms with E-state index in [1.807, 2.05) is 127 Å². The maximum absolute atomic E-state index is 12.9. The Balaban J connectivity index is 0.000000150. The van der Waals surface area contributed by atoms with E-state index in [9.17, 15) is 14.4 Å². The number of hydrogen-bond donors (Lipinski definition) is 1. The summed E-state index contributed by atoms with van der Waals surface area (Å²) in [4.78, 5) is 48.2. The molecule has 6 aromatic rings. The van der Waals surface area contributed by atoms with Gasteiger partial charge >= 0.3 is 0 Å². The first kappa shape index (κ1) is 47.2. The third-order valence-corrected chi connectivity index (χ3v) is 13.3. The number of piperidine rings is 3. The Bertz CT molecular complexity index is 2450. The third kappa shape index (κ3) is 13.2. The summed E-state index contributed by atoms with van der Waals surface area (Å²) < 4.78 is 2.77. The molecule has 1 N–H and O–H groups in total. The average Bonchev–Trinajstić information content (AvgIpc) is 3.35. The van der Waals surface area contributed by atoms with E-state index in [0.29, 0.717) is 15.8 Å². The van der Waals surface area contributed by atoms with Gasteiger partial charge in [-0.3, -0.25) is 14.4 Å². The highest BCUT2D eigenvalue weighted by molar-refractivity contribution is 9.10. The smallest absolute Gasteiger partial charge is 0.225 e. The Hall–Kier alpha value is -4.74. The second kappa shape index (κ2) is 23.4. The number of rotatable bonds is 9. The molecule has 330 valence electrons. The SMILES string of the molecule is O=C(c1ccc(-c2cccc(Cl)c2)cc1)C1CCN(Cl)CC1.O=C(c1ccc(-c2cccc(Cl)c2)cc1)C1CCN(c2ncccn2)CC1.O=C(c1ccc(Br)cc1)C1CCNCC1. The van der Waals surface area contributed by atoms with Crippen LogP contribution in [0.25, 0.3) is 22.3 Å². The Morgan fingerprint density at radius 2 is 0.922 bits per heavy atom. The molecule has 1 aromatic heterocycles. The minimum atomic E-state index is 0.0574. The fourth-order valence-electron chi connectivity index (χ4n) is 8.30. The Morgan fingerprint density at radius 3 is 1.36 bits per heavy atom. The molecular weight excluding hydrogens is 929 g/mol. The van der Waals surface area contributed by atoms with E-state index in [2.05, 4.69) is 36.1 Å². The highest BCUT2D eigenvalue weighted by atomic mass is 79.9. The number of nitrogens with zero attached hydrogens (tertiary/aromatic N) is 4. The van der Waals surface area contributed by atoms with Gasteiger partial charge in [0.05, 0.1) is 0 Å². The normalized spacial score (nSPS) is 16.2. The maximum Gasteiger partial charge on any atom is 0.225 e. The second-order valence-corrected chi connectivity index (χ2v) is 18.6. The molecule has 3 aliphatic rings. The summed E-state index contributed by atoms with van der Waals surface area (Å²) in [7, 11) is 0. The van der Waals surface area contributed by atoms with Crippen LogP contribution in [0.2, 0.25) is 10.0 Å². The first-order valence-corrected chi connectivity index (χ1v) is 23.7. The first-order chi connectivity index (χ1) is 31.1. The number of aromatic nitrogens is 2. The van der Waals surface area contributed by atoms with Gasteiger partial charge in [0.25, 0.3) is 0 Å². The van der Waals surface area contributed by atoms with Crippen LogP contribution < -0.4 is 10.2 Å². The molecule has 0 aliphatic carbocycles. The van der Waals surface area contributed by atoms with Crippen molar-refractivity contribution >= 4 is 74.2 Å². The molecule has 8 nitrogen and oxygen atoms in total. The third-order valence-electron chi connectivity index (χ3n) is 12.0. The topological polar surface area (TPSA) is 95.5 Å². The van der Waals surface area contributed by atoms with E-state index >= 15 is 0 Å². The van der Waals surface area contributed by atoms with Gasteiger partial charge < -0.3 is 10.2 Å². The standard InChI is InChI=1S/C22H20ClN3O.C18H17Cl2NO.C12H14BrNO/c23-20-4-1-3-19(15-20)16-5-7-17(8-6-16)21(27)18-9-13-26(14-10-18)22-24-11-2-12-25-22;19-17-3-1-2-16(12-17)13-4-6-14(7-5-13)18(22)15-8-10-21(20)11-9-15;13-11-3-1-9(2-4-11)12(15)10-5-7-14-8-6-10/h1-8,11-12,15,18H,9-10,13-14H2;1-7,12,15H,8-11H2;1-4,10,14H,5-8H2. The Kier molecular flexibility index (Phi) is 17.3. The number of Topliss-reactive ketones (excluding diaryl/α,β-unsaturated/α-hetero) is 3. The fraction of sp³-hybridized carbons (Fsp3) is 0.288.